The molecule has 0 unspecified atom stereocenters. The molecule has 2 amide bonds. The predicted octanol–water partition coefficient (Wildman–Crippen LogP) is 3.92. The van der Waals surface area contributed by atoms with Crippen LogP contribution < -0.4 is 5.32 Å². The third-order valence-electron chi connectivity index (χ3n) is 3.83. The molecule has 3 heteroatoms. The Morgan fingerprint density at radius 3 is 2.65 bits per heavy atom. The van der Waals surface area contributed by atoms with Crippen LogP contribution in [0.1, 0.15) is 37.7 Å². The molecule has 1 aliphatic rings. The van der Waals surface area contributed by atoms with E-state index in [2.05, 4.69) is 11.4 Å². The summed E-state index contributed by atoms with van der Waals surface area (Å²) in [6, 6.07) is 9.97. The normalized spacial score (nSPS) is 16.2. The van der Waals surface area contributed by atoms with Crippen molar-refractivity contribution in [3.05, 3.63) is 48.2 Å². The highest BCUT2D eigenvalue weighted by molar-refractivity contribution is 5.74. The lowest BCUT2D eigenvalue weighted by atomic mass is 9.89. The summed E-state index contributed by atoms with van der Waals surface area (Å²) in [4.78, 5) is 13.6. The van der Waals surface area contributed by atoms with Gasteiger partial charge >= 0.3 is 6.03 Å². The number of carbonyl (C=O) groups excluding carboxylic acids is 1. The lowest BCUT2D eigenvalue weighted by Gasteiger charge is -2.19. The fourth-order valence-corrected chi connectivity index (χ4v) is 2.62. The number of nitrogens with one attached hydrogen (secondary N) is 1. The van der Waals surface area contributed by atoms with Gasteiger partial charge in [0.1, 0.15) is 0 Å². The van der Waals surface area contributed by atoms with Gasteiger partial charge in [0.2, 0.25) is 0 Å². The molecule has 3 nitrogen and oxygen atoms in total. The molecule has 1 aromatic carbocycles. The summed E-state index contributed by atoms with van der Waals surface area (Å²) in [5.41, 5.74) is 1.14. The standard InChI is InChI=1S/C17H24N2O/c1-19(14-16-10-6-3-7-11-16)17(20)18-13-12-15-8-4-2-5-9-15/h3,6-7,10-13,15H,2,4-5,8-9,14H2,1H3,(H,18,20)/b13-12+. The first-order chi connectivity index (χ1) is 9.75. The largest absolute Gasteiger partial charge is 0.323 e. The van der Waals surface area contributed by atoms with Crippen molar-refractivity contribution in [2.75, 3.05) is 7.05 Å². The van der Waals surface area contributed by atoms with Crippen molar-refractivity contribution in [2.45, 2.75) is 38.6 Å². The third kappa shape index (κ3) is 4.72. The quantitative estimate of drug-likeness (QED) is 0.885. The minimum atomic E-state index is -0.0547. The van der Waals surface area contributed by atoms with Gasteiger partial charge in [0.05, 0.1) is 0 Å². The van der Waals surface area contributed by atoms with Crippen LogP contribution in [0, 0.1) is 5.92 Å². The van der Waals surface area contributed by atoms with Gasteiger partial charge in [0, 0.05) is 19.8 Å². The average Bonchev–Trinajstić information content (AvgIpc) is 2.49. The Kier molecular flexibility index (Phi) is 5.66. The summed E-state index contributed by atoms with van der Waals surface area (Å²) in [7, 11) is 1.82. The average molecular weight is 272 g/mol. The molecule has 0 heterocycles. The van der Waals surface area contributed by atoms with E-state index in [1.807, 2.05) is 43.6 Å². The Bertz CT molecular complexity index is 436. The second-order valence-corrected chi connectivity index (χ2v) is 5.55. The number of nitrogens with zero attached hydrogens (tertiary/aromatic N) is 1. The van der Waals surface area contributed by atoms with Gasteiger partial charge in [-0.25, -0.2) is 4.79 Å². The molecule has 1 fully saturated rings. The van der Waals surface area contributed by atoms with Crippen LogP contribution in [0.2, 0.25) is 0 Å². The smallest absolute Gasteiger partial charge is 0.321 e. The molecule has 1 aliphatic carbocycles. The first kappa shape index (κ1) is 14.6. The molecule has 0 aromatic heterocycles. The number of hydrogen-bond acceptors (Lipinski definition) is 1. The van der Waals surface area contributed by atoms with Gasteiger partial charge in [-0.15, -0.1) is 0 Å². The summed E-state index contributed by atoms with van der Waals surface area (Å²) >= 11 is 0. The molecule has 0 atom stereocenters. The van der Waals surface area contributed by atoms with Crippen LogP contribution in [0.4, 0.5) is 4.79 Å². The van der Waals surface area contributed by atoms with E-state index in [9.17, 15) is 4.79 Å². The van der Waals surface area contributed by atoms with E-state index < -0.39 is 0 Å². The van der Waals surface area contributed by atoms with Gasteiger partial charge in [0.25, 0.3) is 0 Å². The van der Waals surface area contributed by atoms with Gasteiger partial charge < -0.3 is 10.2 Å². The zero-order valence-electron chi connectivity index (χ0n) is 12.2. The molecular formula is C17H24N2O. The molecular weight excluding hydrogens is 248 g/mol. The number of urea groups is 1. The Hall–Kier alpha value is -1.77. The summed E-state index contributed by atoms with van der Waals surface area (Å²) in [5.74, 6) is 0.642. The van der Waals surface area contributed by atoms with Crippen LogP contribution in [-0.2, 0) is 6.54 Å². The summed E-state index contributed by atoms with van der Waals surface area (Å²) in [5, 5.41) is 2.86. The van der Waals surface area contributed by atoms with Crippen molar-refractivity contribution in [2.24, 2.45) is 5.92 Å². The molecule has 0 bridgehead atoms. The monoisotopic (exact) mass is 272 g/mol. The molecule has 0 spiro atoms. The Labute approximate surface area is 121 Å². The topological polar surface area (TPSA) is 32.3 Å². The fraction of sp³-hybridized carbons (Fsp3) is 0.471. The van der Waals surface area contributed by atoms with Gasteiger partial charge in [-0.1, -0.05) is 55.7 Å². The van der Waals surface area contributed by atoms with E-state index in [1.165, 1.54) is 32.1 Å². The second-order valence-electron chi connectivity index (χ2n) is 5.55. The Morgan fingerprint density at radius 2 is 1.95 bits per heavy atom. The number of amides is 2. The van der Waals surface area contributed by atoms with Gasteiger partial charge in [0.15, 0.2) is 0 Å². The maximum Gasteiger partial charge on any atom is 0.321 e. The number of rotatable bonds is 4. The highest BCUT2D eigenvalue weighted by atomic mass is 16.2. The minimum absolute atomic E-state index is 0.0547. The number of carbonyl (C=O) groups is 1. The molecule has 1 aromatic rings. The van der Waals surface area contributed by atoms with Crippen molar-refractivity contribution < 1.29 is 4.79 Å². The first-order valence-electron chi connectivity index (χ1n) is 7.48. The van der Waals surface area contributed by atoms with Crippen molar-refractivity contribution in [1.29, 1.82) is 0 Å². The molecule has 1 saturated carbocycles. The van der Waals surface area contributed by atoms with Crippen molar-refractivity contribution in [3.8, 4) is 0 Å². The van der Waals surface area contributed by atoms with E-state index in [0.717, 1.165) is 5.56 Å². The fourth-order valence-electron chi connectivity index (χ4n) is 2.62. The molecule has 2 rings (SSSR count). The van der Waals surface area contributed by atoms with Crippen molar-refractivity contribution in [3.63, 3.8) is 0 Å². The SMILES string of the molecule is CN(Cc1ccccc1)C(=O)N/C=C/C1CCCCC1. The maximum atomic E-state index is 12.0. The van der Waals surface area contributed by atoms with Gasteiger partial charge in [-0.3, -0.25) is 0 Å². The summed E-state index contributed by atoms with van der Waals surface area (Å²) < 4.78 is 0. The summed E-state index contributed by atoms with van der Waals surface area (Å²) in [6.07, 6.45) is 10.5. The van der Waals surface area contributed by atoms with Crippen LogP contribution >= 0.6 is 0 Å². The van der Waals surface area contributed by atoms with E-state index >= 15 is 0 Å². The Morgan fingerprint density at radius 1 is 1.25 bits per heavy atom. The van der Waals surface area contributed by atoms with Crippen molar-refractivity contribution >= 4 is 6.03 Å². The molecule has 1 N–H and O–H groups in total. The lowest BCUT2D eigenvalue weighted by molar-refractivity contribution is 0.210. The van der Waals surface area contributed by atoms with E-state index in [4.69, 9.17) is 0 Å². The second kappa shape index (κ2) is 7.73. The maximum absolute atomic E-state index is 12.0. The van der Waals surface area contributed by atoms with Crippen LogP contribution in [0.3, 0.4) is 0 Å². The molecule has 0 radical (unpaired) electrons. The molecule has 108 valence electrons. The van der Waals surface area contributed by atoms with E-state index in [-0.39, 0.29) is 6.03 Å². The van der Waals surface area contributed by atoms with Crippen LogP contribution in [0.25, 0.3) is 0 Å². The Balaban J connectivity index is 1.74. The molecule has 0 saturated heterocycles. The first-order valence-corrected chi connectivity index (χ1v) is 7.48. The lowest BCUT2D eigenvalue weighted by Crippen LogP contribution is -2.33. The van der Waals surface area contributed by atoms with Crippen LogP contribution in [-0.4, -0.2) is 18.0 Å². The number of benzene rings is 1. The number of hydrogen-bond donors (Lipinski definition) is 1. The van der Waals surface area contributed by atoms with Crippen LogP contribution in [0.5, 0.6) is 0 Å². The minimum Gasteiger partial charge on any atom is -0.323 e. The molecule has 0 aliphatic heterocycles. The predicted molar refractivity (Wildman–Crippen MR) is 82.2 cm³/mol. The van der Waals surface area contributed by atoms with Crippen molar-refractivity contribution in [1.82, 2.24) is 10.2 Å². The van der Waals surface area contributed by atoms with Gasteiger partial charge in [-0.05, 0) is 24.3 Å². The highest BCUT2D eigenvalue weighted by Gasteiger charge is 2.10. The highest BCUT2D eigenvalue weighted by Crippen LogP contribution is 2.24. The van der Waals surface area contributed by atoms with Gasteiger partial charge in [-0.2, -0.15) is 0 Å². The third-order valence-corrected chi connectivity index (χ3v) is 3.83. The van der Waals surface area contributed by atoms with E-state index in [1.54, 1.807) is 4.90 Å². The molecule has 20 heavy (non-hydrogen) atoms. The van der Waals surface area contributed by atoms with Crippen LogP contribution in [0.15, 0.2) is 42.6 Å². The number of allylic oxidation sites excluding steroid dienone is 1. The summed E-state index contributed by atoms with van der Waals surface area (Å²) in [6.45, 7) is 0.629. The zero-order chi connectivity index (χ0) is 14.2. The van der Waals surface area contributed by atoms with E-state index in [0.29, 0.717) is 12.5 Å². The zero-order valence-corrected chi connectivity index (χ0v) is 12.2.